The molecule has 0 unspecified atom stereocenters. The molecule has 0 aromatic heterocycles. The molecule has 0 aliphatic rings. The van der Waals surface area contributed by atoms with Crippen LogP contribution in [-0.2, 0) is 0 Å². The zero-order chi connectivity index (χ0) is 19.0. The van der Waals surface area contributed by atoms with Gasteiger partial charge in [-0.1, -0.05) is 6.07 Å². The van der Waals surface area contributed by atoms with Crippen LogP contribution < -0.4 is 10.5 Å². The highest BCUT2D eigenvalue weighted by Crippen LogP contribution is 2.42. The Morgan fingerprint density at radius 3 is 2.35 bits per heavy atom. The monoisotopic (exact) mass is 351 g/mol. The molecule has 3 rings (SSSR count). The van der Waals surface area contributed by atoms with Crippen molar-refractivity contribution < 1.29 is 14.9 Å². The number of fused-ring (bicyclic) bond motifs is 1. The van der Waals surface area contributed by atoms with Gasteiger partial charge < -0.3 is 20.7 Å². The second-order valence-electron chi connectivity index (χ2n) is 6.35. The van der Waals surface area contributed by atoms with Crippen molar-refractivity contribution in [2.24, 2.45) is 10.2 Å². The van der Waals surface area contributed by atoms with Gasteiger partial charge in [-0.15, -0.1) is 10.2 Å². The Labute approximate surface area is 151 Å². The molecule has 0 fully saturated rings. The Hall–Kier alpha value is -3.28. The van der Waals surface area contributed by atoms with Gasteiger partial charge in [0.15, 0.2) is 5.75 Å². The summed E-state index contributed by atoms with van der Waals surface area (Å²) in [6.07, 6.45) is 0. The highest BCUT2D eigenvalue weighted by atomic mass is 16.5. The molecule has 6 heteroatoms. The number of nitrogen functional groups attached to an aromatic ring is 1. The van der Waals surface area contributed by atoms with Crippen molar-refractivity contribution in [1.29, 1.82) is 0 Å². The normalized spacial score (nSPS) is 11.4. The smallest absolute Gasteiger partial charge is 0.153 e. The van der Waals surface area contributed by atoms with Gasteiger partial charge in [0, 0.05) is 17.1 Å². The van der Waals surface area contributed by atoms with Crippen LogP contribution in [0.4, 0.5) is 17.1 Å². The van der Waals surface area contributed by atoms with E-state index in [-0.39, 0.29) is 17.2 Å². The summed E-state index contributed by atoms with van der Waals surface area (Å²) in [4.78, 5) is 0. The minimum atomic E-state index is -0.0279. The van der Waals surface area contributed by atoms with Crippen molar-refractivity contribution in [3.63, 3.8) is 0 Å². The molecule has 3 aromatic rings. The van der Waals surface area contributed by atoms with Gasteiger partial charge in [-0.2, -0.15) is 0 Å². The lowest BCUT2D eigenvalue weighted by molar-refractivity contribution is 0.409. The van der Waals surface area contributed by atoms with Gasteiger partial charge >= 0.3 is 0 Å². The van der Waals surface area contributed by atoms with Crippen molar-refractivity contribution in [3.8, 4) is 17.2 Å². The van der Waals surface area contributed by atoms with Gasteiger partial charge in [0.05, 0.1) is 7.11 Å². The molecule has 0 saturated carbocycles. The standard InChI is InChI=1S/C20H21N3O3/c1-10-5-13-7-12(3)19(20(25)18(13)14(21)6-10)23-22-15-9-17(26-4)11(2)8-16(15)24/h5-9,24-25H,21H2,1-4H3. The summed E-state index contributed by atoms with van der Waals surface area (Å²) in [5, 5.41) is 30.4. The second kappa shape index (κ2) is 6.55. The van der Waals surface area contributed by atoms with E-state index in [0.717, 1.165) is 22.1 Å². The Morgan fingerprint density at radius 1 is 0.923 bits per heavy atom. The van der Waals surface area contributed by atoms with E-state index in [9.17, 15) is 10.2 Å². The summed E-state index contributed by atoms with van der Waals surface area (Å²) in [5.41, 5.74) is 9.67. The molecule has 134 valence electrons. The Bertz CT molecular complexity index is 1040. The van der Waals surface area contributed by atoms with Crippen LogP contribution in [0.1, 0.15) is 16.7 Å². The largest absolute Gasteiger partial charge is 0.506 e. The predicted octanol–water partition coefficient (Wildman–Crippen LogP) is 5.18. The van der Waals surface area contributed by atoms with Crippen LogP contribution in [0.25, 0.3) is 10.8 Å². The molecule has 0 amide bonds. The molecule has 0 saturated heterocycles. The Morgan fingerprint density at radius 2 is 1.65 bits per heavy atom. The average molecular weight is 351 g/mol. The third-order valence-electron chi connectivity index (χ3n) is 4.30. The molecule has 4 N–H and O–H groups in total. The van der Waals surface area contributed by atoms with Crippen LogP contribution in [0, 0.1) is 20.8 Å². The summed E-state index contributed by atoms with van der Waals surface area (Å²) >= 11 is 0. The number of azo groups is 1. The first-order valence-corrected chi connectivity index (χ1v) is 8.13. The second-order valence-corrected chi connectivity index (χ2v) is 6.35. The fourth-order valence-corrected chi connectivity index (χ4v) is 3.03. The SMILES string of the molecule is COc1cc(N=Nc2c(C)cc3cc(C)cc(N)c3c2O)c(O)cc1C. The molecular weight excluding hydrogens is 330 g/mol. The topological polar surface area (TPSA) is 100 Å². The van der Waals surface area contributed by atoms with Crippen LogP contribution in [-0.4, -0.2) is 17.3 Å². The van der Waals surface area contributed by atoms with E-state index >= 15 is 0 Å². The van der Waals surface area contributed by atoms with Gasteiger partial charge in [0.2, 0.25) is 0 Å². The number of benzene rings is 3. The first kappa shape index (κ1) is 17.5. The van der Waals surface area contributed by atoms with E-state index in [1.807, 2.05) is 32.9 Å². The van der Waals surface area contributed by atoms with Crippen LogP contribution in [0.15, 0.2) is 40.6 Å². The minimum absolute atomic E-state index is 0.0138. The number of hydrogen-bond acceptors (Lipinski definition) is 6. The molecule has 0 aliphatic carbocycles. The number of nitrogens with two attached hydrogens (primary N) is 1. The number of phenolic OH excluding ortho intramolecular Hbond substituents is 2. The molecular formula is C20H21N3O3. The summed E-state index contributed by atoms with van der Waals surface area (Å²) in [5.74, 6) is 0.552. The van der Waals surface area contributed by atoms with Gasteiger partial charge in [-0.25, -0.2) is 0 Å². The number of hydrogen-bond donors (Lipinski definition) is 3. The number of phenols is 2. The maximum atomic E-state index is 10.7. The molecule has 0 heterocycles. The van der Waals surface area contributed by atoms with Crippen molar-refractivity contribution >= 4 is 27.8 Å². The van der Waals surface area contributed by atoms with Crippen molar-refractivity contribution in [1.82, 2.24) is 0 Å². The maximum absolute atomic E-state index is 10.7. The molecule has 26 heavy (non-hydrogen) atoms. The highest BCUT2D eigenvalue weighted by molar-refractivity contribution is 6.02. The van der Waals surface area contributed by atoms with Gasteiger partial charge in [0.1, 0.15) is 22.9 Å². The lowest BCUT2D eigenvalue weighted by atomic mass is 10.0. The van der Waals surface area contributed by atoms with Gasteiger partial charge in [-0.3, -0.25) is 0 Å². The number of aryl methyl sites for hydroxylation is 3. The number of nitrogens with zero attached hydrogens (tertiary/aromatic N) is 2. The lowest BCUT2D eigenvalue weighted by Gasteiger charge is -2.11. The first-order valence-electron chi connectivity index (χ1n) is 8.13. The summed E-state index contributed by atoms with van der Waals surface area (Å²) in [6, 6.07) is 8.81. The van der Waals surface area contributed by atoms with Gasteiger partial charge in [0.25, 0.3) is 0 Å². The number of ether oxygens (including phenoxy) is 1. The average Bonchev–Trinajstić information content (AvgIpc) is 2.55. The molecule has 0 spiro atoms. The molecule has 0 aliphatic heterocycles. The summed E-state index contributed by atoms with van der Waals surface area (Å²) < 4.78 is 5.25. The van der Waals surface area contributed by atoms with E-state index in [1.54, 1.807) is 25.3 Å². The van der Waals surface area contributed by atoms with Crippen LogP contribution in [0.3, 0.4) is 0 Å². The lowest BCUT2D eigenvalue weighted by Crippen LogP contribution is -1.90. The zero-order valence-corrected chi connectivity index (χ0v) is 15.2. The van der Waals surface area contributed by atoms with Crippen LogP contribution in [0.5, 0.6) is 17.2 Å². The summed E-state index contributed by atoms with van der Waals surface area (Å²) in [7, 11) is 1.55. The van der Waals surface area contributed by atoms with Crippen LogP contribution >= 0.6 is 0 Å². The Balaban J connectivity index is 2.14. The van der Waals surface area contributed by atoms with Crippen molar-refractivity contribution in [3.05, 3.63) is 47.0 Å². The molecule has 6 nitrogen and oxygen atoms in total. The number of anilines is 1. The van der Waals surface area contributed by atoms with E-state index in [4.69, 9.17) is 10.5 Å². The maximum Gasteiger partial charge on any atom is 0.153 e. The third kappa shape index (κ3) is 3.01. The zero-order valence-electron chi connectivity index (χ0n) is 15.2. The van der Waals surface area contributed by atoms with Crippen LogP contribution in [0.2, 0.25) is 0 Å². The van der Waals surface area contributed by atoms with E-state index in [2.05, 4.69) is 10.2 Å². The van der Waals surface area contributed by atoms with Crippen molar-refractivity contribution in [2.75, 3.05) is 12.8 Å². The Kier molecular flexibility index (Phi) is 4.42. The predicted molar refractivity (Wildman–Crippen MR) is 103 cm³/mol. The molecule has 0 bridgehead atoms. The van der Waals surface area contributed by atoms with Crippen molar-refractivity contribution in [2.45, 2.75) is 20.8 Å². The molecule has 0 atom stereocenters. The number of rotatable bonds is 3. The third-order valence-corrected chi connectivity index (χ3v) is 4.30. The summed E-state index contributed by atoms with van der Waals surface area (Å²) in [6.45, 7) is 5.61. The quantitative estimate of drug-likeness (QED) is 0.447. The number of aromatic hydroxyl groups is 2. The highest BCUT2D eigenvalue weighted by Gasteiger charge is 2.14. The minimum Gasteiger partial charge on any atom is -0.506 e. The first-order chi connectivity index (χ1) is 12.3. The van der Waals surface area contributed by atoms with E-state index in [0.29, 0.717) is 22.5 Å². The molecule has 0 radical (unpaired) electrons. The van der Waals surface area contributed by atoms with E-state index < -0.39 is 0 Å². The fourth-order valence-electron chi connectivity index (χ4n) is 3.03. The van der Waals surface area contributed by atoms with E-state index in [1.165, 1.54) is 0 Å². The fraction of sp³-hybridized carbons (Fsp3) is 0.200. The molecule has 3 aromatic carbocycles. The number of methoxy groups -OCH3 is 1. The van der Waals surface area contributed by atoms with Gasteiger partial charge in [-0.05, 0) is 61.0 Å².